The van der Waals surface area contributed by atoms with Gasteiger partial charge < -0.3 is 14.2 Å². The van der Waals surface area contributed by atoms with Crippen LogP contribution in [0.25, 0.3) is 11.0 Å². The highest BCUT2D eigenvalue weighted by atomic mass is 19.4. The number of aromatic nitrogens is 3. The molecule has 3 atom stereocenters. The lowest BCUT2D eigenvalue weighted by atomic mass is 9.94. The Morgan fingerprint density at radius 2 is 1.88 bits per heavy atom. The van der Waals surface area contributed by atoms with Crippen LogP contribution in [0.15, 0.2) is 71.7 Å². The summed E-state index contributed by atoms with van der Waals surface area (Å²) in [5.74, 6) is -0.284. The van der Waals surface area contributed by atoms with Gasteiger partial charge in [-0.05, 0) is 55.3 Å². The fourth-order valence-corrected chi connectivity index (χ4v) is 5.59. The Morgan fingerprint density at radius 1 is 1.12 bits per heavy atom. The highest BCUT2D eigenvalue weighted by Gasteiger charge is 2.38. The van der Waals surface area contributed by atoms with E-state index in [0.29, 0.717) is 29.8 Å². The van der Waals surface area contributed by atoms with Crippen molar-refractivity contribution in [3.63, 3.8) is 0 Å². The van der Waals surface area contributed by atoms with Crippen LogP contribution < -0.4 is 15.2 Å². The summed E-state index contributed by atoms with van der Waals surface area (Å²) in [5, 5.41) is 9.47. The van der Waals surface area contributed by atoms with Crippen molar-refractivity contribution in [1.82, 2.24) is 19.4 Å². The summed E-state index contributed by atoms with van der Waals surface area (Å²) in [5.41, 5.74) is 3.56. The second-order valence-corrected chi connectivity index (χ2v) is 10.1. The Kier molecular flexibility index (Phi) is 7.69. The summed E-state index contributed by atoms with van der Waals surface area (Å²) < 4.78 is 43.9. The fourth-order valence-electron chi connectivity index (χ4n) is 5.59. The van der Waals surface area contributed by atoms with Gasteiger partial charge in [-0.2, -0.15) is 5.26 Å². The molecule has 4 heterocycles. The quantitative estimate of drug-likeness (QED) is 0.320. The molecule has 0 amide bonds. The van der Waals surface area contributed by atoms with Gasteiger partial charge in [0.05, 0.1) is 22.9 Å². The van der Waals surface area contributed by atoms with Crippen LogP contribution in [0.4, 0.5) is 18.9 Å². The number of rotatable bonds is 6. The molecule has 0 spiro atoms. The van der Waals surface area contributed by atoms with E-state index in [1.54, 1.807) is 43.6 Å². The Bertz CT molecular complexity index is 1630. The van der Waals surface area contributed by atoms with Crippen molar-refractivity contribution in [3.8, 4) is 11.8 Å². The lowest BCUT2D eigenvalue weighted by Gasteiger charge is -2.49. The fraction of sp³-hybridized carbons (Fsp3) is 0.333. The van der Waals surface area contributed by atoms with Gasteiger partial charge in [-0.3, -0.25) is 14.7 Å². The van der Waals surface area contributed by atoms with E-state index in [2.05, 4.69) is 44.4 Å². The zero-order chi connectivity index (χ0) is 29.3. The maximum atomic E-state index is 12.9. The van der Waals surface area contributed by atoms with Gasteiger partial charge in [-0.25, -0.2) is 4.98 Å². The van der Waals surface area contributed by atoms with Crippen molar-refractivity contribution in [1.29, 1.82) is 5.26 Å². The van der Waals surface area contributed by atoms with Crippen molar-refractivity contribution in [3.05, 3.63) is 94.2 Å². The Balaban J connectivity index is 1.54. The zero-order valence-corrected chi connectivity index (χ0v) is 22.8. The predicted molar refractivity (Wildman–Crippen MR) is 148 cm³/mol. The second-order valence-electron chi connectivity index (χ2n) is 10.1. The van der Waals surface area contributed by atoms with E-state index in [4.69, 9.17) is 0 Å². The molecule has 1 unspecified atom stereocenters. The molecule has 0 aliphatic carbocycles. The number of hydrogen-bond acceptors (Lipinski definition) is 7. The predicted octanol–water partition coefficient (Wildman–Crippen LogP) is 5.18. The molecule has 1 aliphatic rings. The van der Waals surface area contributed by atoms with Crippen molar-refractivity contribution >= 4 is 16.7 Å². The first-order valence-electron chi connectivity index (χ1n) is 13.3. The van der Waals surface area contributed by atoms with Crippen LogP contribution in [-0.2, 0) is 7.05 Å². The maximum Gasteiger partial charge on any atom is 0.573 e. The molecule has 4 aromatic rings. The average Bonchev–Trinajstić information content (AvgIpc) is 2.96. The number of ether oxygens (including phenoxy) is 1. The summed E-state index contributed by atoms with van der Waals surface area (Å²) in [6.45, 7) is 5.29. The number of halogens is 3. The van der Waals surface area contributed by atoms with Crippen LogP contribution in [0.1, 0.15) is 43.3 Å². The smallest absolute Gasteiger partial charge is 0.406 e. The summed E-state index contributed by atoms with van der Waals surface area (Å²) in [6, 6.07) is 18.2. The first-order chi connectivity index (χ1) is 19.6. The minimum atomic E-state index is -4.77. The third-order valence-electron chi connectivity index (χ3n) is 7.58. The topological polar surface area (TPSA) is 87.3 Å². The largest absolute Gasteiger partial charge is 0.573 e. The van der Waals surface area contributed by atoms with E-state index >= 15 is 0 Å². The summed E-state index contributed by atoms with van der Waals surface area (Å²) in [6.07, 6.45) is -2.30. The van der Waals surface area contributed by atoms with Crippen LogP contribution in [-0.4, -0.2) is 51.0 Å². The van der Waals surface area contributed by atoms with E-state index in [0.717, 1.165) is 17.7 Å². The Hall–Kier alpha value is -4.43. The first kappa shape index (κ1) is 28.1. The number of pyridine rings is 3. The zero-order valence-electron chi connectivity index (χ0n) is 22.8. The molecule has 0 bridgehead atoms. The third kappa shape index (κ3) is 5.74. The minimum absolute atomic E-state index is 0.00238. The molecule has 11 heteroatoms. The van der Waals surface area contributed by atoms with Gasteiger partial charge in [0.25, 0.3) is 5.56 Å². The molecular formula is C30H29F3N6O2. The molecule has 5 rings (SSSR count). The molecule has 1 fully saturated rings. The van der Waals surface area contributed by atoms with Crippen molar-refractivity contribution in [2.24, 2.45) is 7.05 Å². The van der Waals surface area contributed by atoms with Gasteiger partial charge in [0.15, 0.2) is 0 Å². The van der Waals surface area contributed by atoms with Crippen molar-refractivity contribution in [2.75, 3.05) is 18.0 Å². The molecule has 1 aromatic carbocycles. The average molecular weight is 563 g/mol. The van der Waals surface area contributed by atoms with E-state index in [1.807, 2.05) is 18.2 Å². The lowest BCUT2D eigenvalue weighted by Crippen LogP contribution is -2.58. The van der Waals surface area contributed by atoms with Gasteiger partial charge in [0.1, 0.15) is 23.0 Å². The number of aryl methyl sites for hydroxylation is 1. The lowest BCUT2D eigenvalue weighted by molar-refractivity contribution is -0.274. The van der Waals surface area contributed by atoms with Crippen LogP contribution in [0.5, 0.6) is 5.75 Å². The highest BCUT2D eigenvalue weighted by Crippen LogP contribution is 2.37. The molecule has 212 valence electrons. The maximum absolute atomic E-state index is 12.9. The molecule has 3 aromatic heterocycles. The number of hydrogen-bond donors (Lipinski definition) is 0. The summed E-state index contributed by atoms with van der Waals surface area (Å²) in [7, 11) is 1.68. The first-order valence-corrected chi connectivity index (χ1v) is 13.3. The normalized spacial score (nSPS) is 18.7. The van der Waals surface area contributed by atoms with Crippen LogP contribution >= 0.6 is 0 Å². The van der Waals surface area contributed by atoms with Crippen LogP contribution in [0.3, 0.4) is 0 Å². The highest BCUT2D eigenvalue weighted by molar-refractivity contribution is 5.89. The van der Waals surface area contributed by atoms with Crippen molar-refractivity contribution < 1.29 is 17.9 Å². The monoisotopic (exact) mass is 562 g/mol. The standard InChI is InChI=1S/C30H29F3N6O2/c1-4-22-18-38(26-15-27(40)37(3)25-13-10-21(16-34)36-28(25)26)19(2)17-39(22)29(24-7-5-6-14-35-24)20-8-11-23(12-9-20)41-30(31,32)33/h5-15,19,22,29H,4,17-18H2,1-3H3/t19-,22+,29?/m0/s1. The van der Waals surface area contributed by atoms with Crippen LogP contribution in [0, 0.1) is 11.3 Å². The van der Waals surface area contributed by atoms with Gasteiger partial charge in [-0.1, -0.05) is 25.1 Å². The van der Waals surface area contributed by atoms with Crippen LogP contribution in [0.2, 0.25) is 0 Å². The number of benzene rings is 1. The molecule has 1 saturated heterocycles. The van der Waals surface area contributed by atoms with Gasteiger partial charge in [-0.15, -0.1) is 13.2 Å². The van der Waals surface area contributed by atoms with Gasteiger partial charge in [0.2, 0.25) is 0 Å². The van der Waals surface area contributed by atoms with E-state index < -0.39 is 6.36 Å². The molecular weight excluding hydrogens is 533 g/mol. The van der Waals surface area contributed by atoms with E-state index in [9.17, 15) is 23.2 Å². The molecule has 0 saturated carbocycles. The molecule has 0 N–H and O–H groups in total. The second kappa shape index (κ2) is 11.2. The van der Waals surface area contributed by atoms with Crippen molar-refractivity contribution in [2.45, 2.75) is 44.8 Å². The van der Waals surface area contributed by atoms with E-state index in [-0.39, 0.29) is 35.1 Å². The Morgan fingerprint density at radius 3 is 2.51 bits per heavy atom. The minimum Gasteiger partial charge on any atom is -0.406 e. The number of nitriles is 1. The molecule has 0 radical (unpaired) electrons. The van der Waals surface area contributed by atoms with Gasteiger partial charge in [0, 0.05) is 44.5 Å². The summed E-state index contributed by atoms with van der Waals surface area (Å²) in [4.78, 5) is 26.6. The summed E-state index contributed by atoms with van der Waals surface area (Å²) >= 11 is 0. The number of nitrogens with zero attached hydrogens (tertiary/aromatic N) is 6. The number of piperazine rings is 1. The van der Waals surface area contributed by atoms with Gasteiger partial charge >= 0.3 is 6.36 Å². The third-order valence-corrected chi connectivity index (χ3v) is 7.58. The molecule has 1 aliphatic heterocycles. The molecule has 8 nitrogen and oxygen atoms in total. The van der Waals surface area contributed by atoms with E-state index in [1.165, 1.54) is 16.7 Å². The Labute approximate surface area is 235 Å². The number of alkyl halides is 3. The SMILES string of the molecule is CC[C@@H]1CN(c2cc(=O)n(C)c3ccc(C#N)nc23)[C@@H](C)CN1C(c1ccc(OC(F)(F)F)cc1)c1ccccn1. The molecule has 41 heavy (non-hydrogen) atoms. The number of fused-ring (bicyclic) bond motifs is 1. The number of anilines is 1.